The Morgan fingerprint density at radius 2 is 2.03 bits per heavy atom. The van der Waals surface area contributed by atoms with Crippen LogP contribution in [0.4, 0.5) is 0 Å². The van der Waals surface area contributed by atoms with Crippen molar-refractivity contribution in [2.45, 2.75) is 70.2 Å². The van der Waals surface area contributed by atoms with Crippen molar-refractivity contribution in [1.82, 2.24) is 14.5 Å². The normalized spacial score (nSPS) is 24.6. The first kappa shape index (κ1) is 23.4. The van der Waals surface area contributed by atoms with Gasteiger partial charge in [0, 0.05) is 35.9 Å². The van der Waals surface area contributed by atoms with Crippen LogP contribution < -0.4 is 4.72 Å². The molecule has 0 amide bonds. The van der Waals surface area contributed by atoms with E-state index in [1.54, 1.807) is 4.68 Å². The van der Waals surface area contributed by atoms with Gasteiger partial charge < -0.3 is 0 Å². The first-order chi connectivity index (χ1) is 15.2. The fraction of sp³-hybridized carbons (Fsp3) is 0.609. The fourth-order valence-corrected chi connectivity index (χ4v) is 7.46. The van der Waals surface area contributed by atoms with Crippen LogP contribution in [0.5, 0.6) is 0 Å². The summed E-state index contributed by atoms with van der Waals surface area (Å²) in [6.45, 7) is 2.52. The lowest BCUT2D eigenvalue weighted by atomic mass is 9.85. The Morgan fingerprint density at radius 1 is 1.25 bits per heavy atom. The third-order valence-electron chi connectivity index (χ3n) is 6.78. The Hall–Kier alpha value is -1.71. The summed E-state index contributed by atoms with van der Waals surface area (Å²) in [5.74, 6) is 0.604. The molecule has 4 rings (SSSR count). The van der Waals surface area contributed by atoms with Gasteiger partial charge in [-0.05, 0) is 38.2 Å². The maximum absolute atomic E-state index is 12.8. The lowest BCUT2D eigenvalue weighted by Gasteiger charge is -2.27. The molecule has 0 saturated heterocycles. The summed E-state index contributed by atoms with van der Waals surface area (Å²) in [6, 6.07) is -0.122. The second-order valence-electron chi connectivity index (χ2n) is 9.30. The zero-order valence-corrected chi connectivity index (χ0v) is 20.2. The number of fused-ring (bicyclic) bond motifs is 1. The first-order valence-corrected chi connectivity index (χ1v) is 14.9. The van der Waals surface area contributed by atoms with Crippen molar-refractivity contribution < 1.29 is 16.8 Å². The first-order valence-electron chi connectivity index (χ1n) is 11.6. The minimum atomic E-state index is -3.66. The van der Waals surface area contributed by atoms with Crippen LogP contribution in [-0.4, -0.2) is 38.4 Å². The van der Waals surface area contributed by atoms with Gasteiger partial charge in [-0.25, -0.2) is 21.6 Å². The highest BCUT2D eigenvalue weighted by Crippen LogP contribution is 2.28. The van der Waals surface area contributed by atoms with Crippen molar-refractivity contribution in [3.8, 4) is 0 Å². The molecule has 0 radical (unpaired) electrons. The van der Waals surface area contributed by atoms with E-state index in [0.29, 0.717) is 30.1 Å². The van der Waals surface area contributed by atoms with Crippen LogP contribution in [-0.2, 0) is 38.6 Å². The van der Waals surface area contributed by atoms with Crippen LogP contribution in [0.2, 0.25) is 0 Å². The van der Waals surface area contributed by atoms with Gasteiger partial charge in [-0.3, -0.25) is 4.68 Å². The number of hydrogen-bond donors (Lipinski definition) is 1. The van der Waals surface area contributed by atoms with E-state index < -0.39 is 19.9 Å². The molecule has 1 aromatic heterocycles. The lowest BCUT2D eigenvalue weighted by molar-refractivity contribution is 0.303. The van der Waals surface area contributed by atoms with E-state index in [9.17, 15) is 16.8 Å². The lowest BCUT2D eigenvalue weighted by Crippen LogP contribution is -2.37. The molecule has 1 aliphatic heterocycles. The number of allylic oxidation sites excluding steroid dienone is 4. The number of rotatable bonds is 7. The fourth-order valence-electron chi connectivity index (χ4n) is 4.96. The highest BCUT2D eigenvalue weighted by Gasteiger charge is 2.29. The maximum Gasteiger partial charge on any atom is 0.234 e. The van der Waals surface area contributed by atoms with E-state index in [2.05, 4.69) is 22.0 Å². The zero-order valence-electron chi connectivity index (χ0n) is 18.6. The van der Waals surface area contributed by atoms with Crippen molar-refractivity contribution >= 4 is 25.9 Å². The number of aryl methyl sites for hydroxylation is 1. The van der Waals surface area contributed by atoms with Crippen LogP contribution in [0.15, 0.2) is 29.7 Å². The van der Waals surface area contributed by atoms with E-state index in [1.807, 2.05) is 19.1 Å². The second-order valence-corrected chi connectivity index (χ2v) is 13.1. The number of nitrogens with one attached hydrogen (secondary N) is 1. The quantitative estimate of drug-likeness (QED) is 0.647. The Morgan fingerprint density at radius 3 is 2.75 bits per heavy atom. The van der Waals surface area contributed by atoms with Crippen LogP contribution in [0.25, 0.3) is 6.08 Å². The molecule has 2 aliphatic carbocycles. The molecule has 1 aromatic rings. The SMILES string of the molecule is C[C@H](NS(=O)(=O)/C=C/c1c2c(nn1CC1C=CC=CC1)CCS(=O)(=O)C2)C1CCCCC1. The van der Waals surface area contributed by atoms with Gasteiger partial charge in [0.25, 0.3) is 0 Å². The summed E-state index contributed by atoms with van der Waals surface area (Å²) in [6.07, 6.45) is 16.6. The third kappa shape index (κ3) is 5.80. The molecule has 2 heterocycles. The molecule has 2 atom stereocenters. The van der Waals surface area contributed by atoms with Crippen LogP contribution in [0.3, 0.4) is 0 Å². The van der Waals surface area contributed by atoms with Gasteiger partial charge in [0.2, 0.25) is 10.0 Å². The number of hydrogen-bond acceptors (Lipinski definition) is 5. The Labute approximate surface area is 191 Å². The summed E-state index contributed by atoms with van der Waals surface area (Å²) in [4.78, 5) is 0. The van der Waals surface area contributed by atoms with Crippen LogP contribution in [0.1, 0.15) is 62.4 Å². The molecule has 3 aliphatic rings. The molecule has 1 saturated carbocycles. The number of sulfone groups is 1. The van der Waals surface area contributed by atoms with Gasteiger partial charge >= 0.3 is 0 Å². The summed E-state index contributed by atoms with van der Waals surface area (Å²) >= 11 is 0. The van der Waals surface area contributed by atoms with Crippen LogP contribution in [0, 0.1) is 11.8 Å². The van der Waals surface area contributed by atoms with Crippen molar-refractivity contribution in [3.63, 3.8) is 0 Å². The van der Waals surface area contributed by atoms with Crippen molar-refractivity contribution in [2.24, 2.45) is 11.8 Å². The van der Waals surface area contributed by atoms with E-state index >= 15 is 0 Å². The molecule has 176 valence electrons. The Balaban J connectivity index is 1.57. The molecule has 1 N–H and O–H groups in total. The van der Waals surface area contributed by atoms with Crippen molar-refractivity contribution in [2.75, 3.05) is 5.75 Å². The molecule has 0 aromatic carbocycles. The minimum Gasteiger partial charge on any atom is -0.264 e. The van der Waals surface area contributed by atoms with E-state index in [0.717, 1.165) is 37.8 Å². The van der Waals surface area contributed by atoms with Gasteiger partial charge in [0.15, 0.2) is 9.84 Å². The smallest absolute Gasteiger partial charge is 0.234 e. The molecule has 0 spiro atoms. The standard InChI is InChI=1S/C23H33N3O4S2/c1-18(20-10-6-3-7-11-20)25-32(29,30)15-13-23-21-17-31(27,28)14-12-22(21)24-26(23)16-19-8-4-2-5-9-19/h2,4-5,8,13,15,18-20,25H,3,6-7,9-12,14,16-17H2,1H3/b15-13+/t18-,19?/m0/s1. The average Bonchev–Trinajstić information content (AvgIpc) is 3.08. The largest absolute Gasteiger partial charge is 0.264 e. The molecular formula is C23H33N3O4S2. The molecule has 0 bridgehead atoms. The Kier molecular flexibility index (Phi) is 7.07. The summed E-state index contributed by atoms with van der Waals surface area (Å²) in [7, 11) is -6.86. The summed E-state index contributed by atoms with van der Waals surface area (Å²) in [5, 5.41) is 5.85. The predicted molar refractivity (Wildman–Crippen MR) is 127 cm³/mol. The van der Waals surface area contributed by atoms with Gasteiger partial charge in [0.05, 0.1) is 22.9 Å². The molecule has 32 heavy (non-hydrogen) atoms. The summed E-state index contributed by atoms with van der Waals surface area (Å²) < 4.78 is 54.8. The highest BCUT2D eigenvalue weighted by atomic mass is 32.2. The Bertz CT molecular complexity index is 1120. The minimum absolute atomic E-state index is 0.0883. The number of aromatic nitrogens is 2. The van der Waals surface area contributed by atoms with E-state index in [4.69, 9.17) is 0 Å². The van der Waals surface area contributed by atoms with Crippen LogP contribution >= 0.6 is 0 Å². The second kappa shape index (κ2) is 9.65. The molecule has 7 nitrogen and oxygen atoms in total. The van der Waals surface area contributed by atoms with Gasteiger partial charge in [-0.1, -0.05) is 43.6 Å². The molecule has 1 unspecified atom stereocenters. The van der Waals surface area contributed by atoms with Gasteiger partial charge in [0.1, 0.15) is 0 Å². The highest BCUT2D eigenvalue weighted by molar-refractivity contribution is 7.92. The number of nitrogens with zero attached hydrogens (tertiary/aromatic N) is 2. The predicted octanol–water partition coefficient (Wildman–Crippen LogP) is 3.35. The van der Waals surface area contributed by atoms with E-state index in [-0.39, 0.29) is 23.5 Å². The van der Waals surface area contributed by atoms with Crippen molar-refractivity contribution in [3.05, 3.63) is 46.7 Å². The average molecular weight is 480 g/mol. The third-order valence-corrected chi connectivity index (χ3v) is 9.53. The monoisotopic (exact) mass is 479 g/mol. The van der Waals surface area contributed by atoms with Crippen molar-refractivity contribution in [1.29, 1.82) is 0 Å². The van der Waals surface area contributed by atoms with E-state index in [1.165, 1.54) is 17.9 Å². The molecule has 1 fully saturated rings. The summed E-state index contributed by atoms with van der Waals surface area (Å²) in [5.41, 5.74) is 1.98. The number of sulfonamides is 1. The van der Waals surface area contributed by atoms with Gasteiger partial charge in [-0.15, -0.1) is 0 Å². The van der Waals surface area contributed by atoms with Gasteiger partial charge in [-0.2, -0.15) is 5.10 Å². The maximum atomic E-state index is 12.8. The molecule has 9 heteroatoms. The topological polar surface area (TPSA) is 98.1 Å². The molecular weight excluding hydrogens is 446 g/mol. The zero-order chi connectivity index (χ0) is 22.8.